The van der Waals surface area contributed by atoms with E-state index in [2.05, 4.69) is 10.3 Å². The van der Waals surface area contributed by atoms with Crippen LogP contribution in [0.3, 0.4) is 0 Å². The van der Waals surface area contributed by atoms with Crippen molar-refractivity contribution < 1.29 is 19.1 Å². The Hall–Kier alpha value is -2.15. The third-order valence-electron chi connectivity index (χ3n) is 3.68. The van der Waals surface area contributed by atoms with Gasteiger partial charge in [-0.05, 0) is 25.0 Å². The molecule has 0 radical (unpaired) electrons. The van der Waals surface area contributed by atoms with E-state index >= 15 is 0 Å². The molecular formula is C15H18N2O4S. The number of amides is 1. The van der Waals surface area contributed by atoms with Crippen molar-refractivity contribution in [2.24, 2.45) is 0 Å². The molecule has 2 rings (SSSR count). The molecule has 0 aliphatic heterocycles. The van der Waals surface area contributed by atoms with Gasteiger partial charge in [-0.25, -0.2) is 4.98 Å². The zero-order chi connectivity index (χ0) is 16.2. The topological polar surface area (TPSA) is 92.4 Å². The fraction of sp³-hybridized carbons (Fsp3) is 0.400. The second-order valence-corrected chi connectivity index (χ2v) is 6.05. The normalized spacial score (nSPS) is 11.4. The molecule has 0 aliphatic carbocycles. The summed E-state index contributed by atoms with van der Waals surface area (Å²) >= 11 is 1.21. The highest BCUT2D eigenvalue weighted by atomic mass is 32.1. The number of carbonyl (C=O) groups is 2. The Labute approximate surface area is 132 Å². The van der Waals surface area contributed by atoms with E-state index in [0.29, 0.717) is 28.5 Å². The average molecular weight is 322 g/mol. The predicted octanol–water partition coefficient (Wildman–Crippen LogP) is 3.17. The first kappa shape index (κ1) is 16.2. The number of nitrogens with zero attached hydrogens (tertiary/aromatic N) is 1. The number of carbonyl (C=O) groups excluding carboxylic acids is 1. The standard InChI is InChI=1S/C15H18N2O4S/c1-3-15(4-2,8-12(18)19)17-13(20)11-9-16-14(22-11)10-6-5-7-21-10/h5-7,9H,3-4,8H2,1-2H3,(H,17,20)(H,18,19). The van der Waals surface area contributed by atoms with Crippen molar-refractivity contribution in [3.63, 3.8) is 0 Å². The molecule has 0 spiro atoms. The summed E-state index contributed by atoms with van der Waals surface area (Å²) in [5.74, 6) is -0.628. The third-order valence-corrected chi connectivity index (χ3v) is 4.69. The SMILES string of the molecule is CCC(CC)(CC(=O)O)NC(=O)c1cnc(-c2ccco2)s1. The minimum Gasteiger partial charge on any atom is -0.481 e. The van der Waals surface area contributed by atoms with Crippen LogP contribution in [-0.2, 0) is 4.79 Å². The maximum atomic E-state index is 12.4. The van der Waals surface area contributed by atoms with Gasteiger partial charge in [0.1, 0.15) is 4.88 Å². The lowest BCUT2D eigenvalue weighted by atomic mass is 9.89. The van der Waals surface area contributed by atoms with E-state index in [9.17, 15) is 9.59 Å². The van der Waals surface area contributed by atoms with Crippen LogP contribution >= 0.6 is 11.3 Å². The second-order valence-electron chi connectivity index (χ2n) is 5.02. The number of carboxylic acid groups (broad SMARTS) is 1. The van der Waals surface area contributed by atoms with Crippen LogP contribution in [0.2, 0.25) is 0 Å². The first-order valence-corrected chi connectivity index (χ1v) is 7.85. The molecule has 22 heavy (non-hydrogen) atoms. The highest BCUT2D eigenvalue weighted by Gasteiger charge is 2.31. The maximum Gasteiger partial charge on any atom is 0.305 e. The van der Waals surface area contributed by atoms with Crippen molar-refractivity contribution >= 4 is 23.2 Å². The van der Waals surface area contributed by atoms with Gasteiger partial charge in [0.15, 0.2) is 10.8 Å². The summed E-state index contributed by atoms with van der Waals surface area (Å²) in [6, 6.07) is 3.52. The van der Waals surface area contributed by atoms with E-state index in [-0.39, 0.29) is 12.3 Å². The first-order valence-electron chi connectivity index (χ1n) is 7.03. The molecule has 0 saturated carbocycles. The maximum absolute atomic E-state index is 12.4. The monoisotopic (exact) mass is 322 g/mol. The molecule has 2 aromatic rings. The number of aliphatic carboxylic acids is 1. The lowest BCUT2D eigenvalue weighted by Gasteiger charge is -2.31. The molecule has 0 unspecified atom stereocenters. The summed E-state index contributed by atoms with van der Waals surface area (Å²) in [6.45, 7) is 3.74. The molecule has 2 N–H and O–H groups in total. The van der Waals surface area contributed by atoms with Crippen molar-refractivity contribution in [2.75, 3.05) is 0 Å². The van der Waals surface area contributed by atoms with E-state index < -0.39 is 11.5 Å². The largest absolute Gasteiger partial charge is 0.481 e. The predicted molar refractivity (Wildman–Crippen MR) is 82.8 cm³/mol. The van der Waals surface area contributed by atoms with E-state index in [4.69, 9.17) is 9.52 Å². The molecule has 6 nitrogen and oxygen atoms in total. The zero-order valence-corrected chi connectivity index (χ0v) is 13.3. The van der Waals surface area contributed by atoms with Crippen LogP contribution in [0.5, 0.6) is 0 Å². The van der Waals surface area contributed by atoms with E-state index in [1.807, 2.05) is 13.8 Å². The molecular weight excluding hydrogens is 304 g/mol. The van der Waals surface area contributed by atoms with Gasteiger partial charge < -0.3 is 14.8 Å². The third kappa shape index (κ3) is 3.54. The molecule has 7 heteroatoms. The van der Waals surface area contributed by atoms with Crippen molar-refractivity contribution in [3.8, 4) is 10.8 Å². The zero-order valence-electron chi connectivity index (χ0n) is 12.5. The highest BCUT2D eigenvalue weighted by Crippen LogP contribution is 2.27. The number of hydrogen-bond acceptors (Lipinski definition) is 5. The summed E-state index contributed by atoms with van der Waals surface area (Å²) in [5, 5.41) is 12.5. The average Bonchev–Trinajstić information content (AvgIpc) is 3.16. The van der Waals surface area contributed by atoms with Crippen molar-refractivity contribution in [1.82, 2.24) is 10.3 Å². The number of carboxylic acids is 1. The molecule has 0 aliphatic rings. The lowest BCUT2D eigenvalue weighted by Crippen LogP contribution is -2.48. The Bertz CT molecular complexity index is 644. The van der Waals surface area contributed by atoms with Gasteiger partial charge >= 0.3 is 5.97 Å². The quantitative estimate of drug-likeness (QED) is 0.817. The van der Waals surface area contributed by atoms with Gasteiger partial charge in [0.05, 0.1) is 24.4 Å². The fourth-order valence-electron chi connectivity index (χ4n) is 2.21. The Balaban J connectivity index is 2.15. The molecule has 2 aromatic heterocycles. The van der Waals surface area contributed by atoms with Crippen molar-refractivity contribution in [3.05, 3.63) is 29.5 Å². The molecule has 1 amide bonds. The molecule has 0 fully saturated rings. The molecule has 0 atom stereocenters. The number of rotatable bonds is 7. The Morgan fingerprint density at radius 3 is 2.68 bits per heavy atom. The Morgan fingerprint density at radius 1 is 1.41 bits per heavy atom. The van der Waals surface area contributed by atoms with Crippen LogP contribution in [0, 0.1) is 0 Å². The Kier molecular flexibility index (Phi) is 4.97. The van der Waals surface area contributed by atoms with Crippen LogP contribution in [-0.4, -0.2) is 27.5 Å². The van der Waals surface area contributed by atoms with Crippen LogP contribution in [0.25, 0.3) is 10.8 Å². The number of thiazole rings is 1. The fourth-order valence-corrected chi connectivity index (χ4v) is 2.99. The molecule has 2 heterocycles. The highest BCUT2D eigenvalue weighted by molar-refractivity contribution is 7.16. The van der Waals surface area contributed by atoms with E-state index in [0.717, 1.165) is 0 Å². The molecule has 118 valence electrons. The minimum atomic E-state index is -0.926. The second kappa shape index (κ2) is 6.74. The summed E-state index contributed by atoms with van der Waals surface area (Å²) in [4.78, 5) is 28.0. The van der Waals surface area contributed by atoms with E-state index in [1.54, 1.807) is 18.4 Å². The van der Waals surface area contributed by atoms with Gasteiger partial charge in [-0.15, -0.1) is 11.3 Å². The number of furan rings is 1. The lowest BCUT2D eigenvalue weighted by molar-refractivity contribution is -0.138. The van der Waals surface area contributed by atoms with Gasteiger partial charge in [0, 0.05) is 0 Å². The van der Waals surface area contributed by atoms with Crippen LogP contribution in [0.15, 0.2) is 29.0 Å². The Morgan fingerprint density at radius 2 is 2.14 bits per heavy atom. The minimum absolute atomic E-state index is 0.102. The molecule has 0 saturated heterocycles. The van der Waals surface area contributed by atoms with Gasteiger partial charge in [-0.1, -0.05) is 13.8 Å². The smallest absolute Gasteiger partial charge is 0.305 e. The summed E-state index contributed by atoms with van der Waals surface area (Å²) in [5.41, 5.74) is -0.738. The number of aromatic nitrogens is 1. The summed E-state index contributed by atoms with van der Waals surface area (Å²) in [7, 11) is 0. The van der Waals surface area contributed by atoms with Gasteiger partial charge in [0.2, 0.25) is 0 Å². The van der Waals surface area contributed by atoms with Crippen molar-refractivity contribution in [2.45, 2.75) is 38.6 Å². The van der Waals surface area contributed by atoms with E-state index in [1.165, 1.54) is 17.5 Å². The van der Waals surface area contributed by atoms with Crippen LogP contribution in [0.1, 0.15) is 42.8 Å². The van der Waals surface area contributed by atoms with Gasteiger partial charge in [-0.2, -0.15) is 0 Å². The van der Waals surface area contributed by atoms with Crippen molar-refractivity contribution in [1.29, 1.82) is 0 Å². The molecule has 0 aromatic carbocycles. The van der Waals surface area contributed by atoms with Gasteiger partial charge in [-0.3, -0.25) is 9.59 Å². The summed E-state index contributed by atoms with van der Waals surface area (Å²) in [6.07, 6.45) is 4.02. The molecule has 0 bridgehead atoms. The summed E-state index contributed by atoms with van der Waals surface area (Å²) < 4.78 is 5.25. The van der Waals surface area contributed by atoms with Gasteiger partial charge in [0.25, 0.3) is 5.91 Å². The number of nitrogens with one attached hydrogen (secondary N) is 1. The van der Waals surface area contributed by atoms with Crippen LogP contribution < -0.4 is 5.32 Å². The number of hydrogen-bond donors (Lipinski definition) is 2. The first-order chi connectivity index (χ1) is 10.5. The van der Waals surface area contributed by atoms with Crippen LogP contribution in [0.4, 0.5) is 0 Å².